The first kappa shape index (κ1) is 11.4. The predicted molar refractivity (Wildman–Crippen MR) is 72.5 cm³/mol. The van der Waals surface area contributed by atoms with Crippen molar-refractivity contribution in [3.05, 3.63) is 39.4 Å². The smallest absolute Gasteiger partial charge is 0.269 e. The summed E-state index contributed by atoms with van der Waals surface area (Å²) >= 11 is 3.35. The normalized spacial score (nSPS) is 13.8. The Morgan fingerprint density at radius 1 is 1.33 bits per heavy atom. The molecule has 0 atom stereocenters. The van der Waals surface area contributed by atoms with Crippen molar-refractivity contribution in [1.29, 1.82) is 0 Å². The minimum Gasteiger partial charge on any atom is -0.355 e. The highest BCUT2D eigenvalue weighted by atomic mass is 79.9. The van der Waals surface area contributed by atoms with Gasteiger partial charge in [0.1, 0.15) is 4.47 Å². The predicted octanol–water partition coefficient (Wildman–Crippen LogP) is 1.88. The molecule has 0 saturated carbocycles. The van der Waals surface area contributed by atoms with E-state index < -0.39 is 0 Å². The highest BCUT2D eigenvalue weighted by Gasteiger charge is 2.17. The Hall–Kier alpha value is -1.69. The number of nitrogens with one attached hydrogen (secondary N) is 1. The highest BCUT2D eigenvalue weighted by Crippen LogP contribution is 2.25. The molecule has 1 N–H and O–H groups in total. The Morgan fingerprint density at radius 3 is 2.89 bits per heavy atom. The Labute approximate surface area is 112 Å². The van der Waals surface area contributed by atoms with Gasteiger partial charge >= 0.3 is 0 Å². The first-order valence-electron chi connectivity index (χ1n) is 5.72. The molecule has 0 spiro atoms. The lowest BCUT2D eigenvalue weighted by molar-refractivity contribution is 0.594. The lowest BCUT2D eigenvalue weighted by Crippen LogP contribution is -2.31. The van der Waals surface area contributed by atoms with Gasteiger partial charge in [-0.2, -0.15) is 0 Å². The second-order valence-corrected chi connectivity index (χ2v) is 4.86. The first-order valence-corrected chi connectivity index (χ1v) is 6.51. The van der Waals surface area contributed by atoms with Gasteiger partial charge in [0.05, 0.1) is 5.69 Å². The van der Waals surface area contributed by atoms with E-state index in [0.29, 0.717) is 22.7 Å². The average Bonchev–Trinajstić information content (AvgIpc) is 2.44. The number of hydrogen-bond acceptors (Lipinski definition) is 4. The van der Waals surface area contributed by atoms with E-state index in [9.17, 15) is 4.79 Å². The summed E-state index contributed by atoms with van der Waals surface area (Å²) in [6, 6.07) is 3.68. The quantitative estimate of drug-likeness (QED) is 0.874. The summed E-state index contributed by atoms with van der Waals surface area (Å²) in [5, 5.41) is 3.16. The van der Waals surface area contributed by atoms with E-state index in [1.54, 1.807) is 17.0 Å². The number of nitrogens with zero attached hydrogens (tertiary/aromatic N) is 3. The molecular formula is C12H11BrN4O. The molecule has 92 valence electrons. The van der Waals surface area contributed by atoms with Crippen molar-refractivity contribution < 1.29 is 0 Å². The molecular weight excluding hydrogens is 296 g/mol. The minimum absolute atomic E-state index is 0.0426. The molecule has 0 fully saturated rings. The van der Waals surface area contributed by atoms with Crippen LogP contribution in [0.25, 0.3) is 11.3 Å². The number of halogens is 1. The summed E-state index contributed by atoms with van der Waals surface area (Å²) in [5.74, 6) is 0.640. The van der Waals surface area contributed by atoms with Crippen LogP contribution in [0.15, 0.2) is 33.8 Å². The number of fused-ring (bicyclic) bond motifs is 1. The molecule has 18 heavy (non-hydrogen) atoms. The van der Waals surface area contributed by atoms with Gasteiger partial charge in [0.2, 0.25) is 5.95 Å². The number of hydrogen-bond donors (Lipinski definition) is 1. The molecule has 6 heteroatoms. The van der Waals surface area contributed by atoms with E-state index >= 15 is 0 Å². The summed E-state index contributed by atoms with van der Waals surface area (Å²) in [6.45, 7) is 1.56. The zero-order valence-corrected chi connectivity index (χ0v) is 11.1. The monoisotopic (exact) mass is 306 g/mol. The van der Waals surface area contributed by atoms with Gasteiger partial charge in [-0.05, 0) is 34.5 Å². The topological polar surface area (TPSA) is 59.8 Å². The van der Waals surface area contributed by atoms with E-state index in [4.69, 9.17) is 0 Å². The maximum absolute atomic E-state index is 12.2. The van der Waals surface area contributed by atoms with Gasteiger partial charge in [0.25, 0.3) is 5.56 Å². The maximum atomic E-state index is 12.2. The minimum atomic E-state index is -0.0426. The molecule has 0 unspecified atom stereocenters. The van der Waals surface area contributed by atoms with Gasteiger partial charge in [0, 0.05) is 31.0 Å². The third kappa shape index (κ3) is 1.82. The molecule has 2 aromatic heterocycles. The largest absolute Gasteiger partial charge is 0.355 e. The number of pyridine rings is 1. The van der Waals surface area contributed by atoms with E-state index in [1.807, 2.05) is 12.1 Å². The average molecular weight is 307 g/mol. The van der Waals surface area contributed by atoms with E-state index in [2.05, 4.69) is 31.2 Å². The fraction of sp³-hybridized carbons (Fsp3) is 0.250. The lowest BCUT2D eigenvalue weighted by atomic mass is 10.2. The Balaban J connectivity index is 2.23. The third-order valence-corrected chi connectivity index (χ3v) is 3.62. The van der Waals surface area contributed by atoms with Crippen LogP contribution in [-0.4, -0.2) is 21.1 Å². The number of rotatable bonds is 1. The molecule has 0 aliphatic carbocycles. The lowest BCUT2D eigenvalue weighted by Gasteiger charge is -2.20. The standard InChI is InChI=1S/C12H11BrN4O/c13-9-10(8-2-5-14-6-3-8)16-12-15-4-1-7-17(12)11(9)18/h2-3,5-6H,1,4,7H2,(H,15,16). The van der Waals surface area contributed by atoms with Crippen molar-refractivity contribution >= 4 is 21.9 Å². The van der Waals surface area contributed by atoms with Crippen molar-refractivity contribution in [3.63, 3.8) is 0 Å². The SMILES string of the molecule is O=c1c(Br)c(-c2ccncc2)nc2n1CCCN2. The molecule has 5 nitrogen and oxygen atoms in total. The van der Waals surface area contributed by atoms with Crippen LogP contribution in [0.2, 0.25) is 0 Å². The van der Waals surface area contributed by atoms with Crippen molar-refractivity contribution in [1.82, 2.24) is 14.5 Å². The molecule has 3 heterocycles. The summed E-state index contributed by atoms with van der Waals surface area (Å²) in [5.41, 5.74) is 1.49. The van der Waals surface area contributed by atoms with Crippen LogP contribution >= 0.6 is 15.9 Å². The van der Waals surface area contributed by atoms with Crippen LogP contribution in [0.4, 0.5) is 5.95 Å². The fourth-order valence-corrected chi connectivity index (χ4v) is 2.54. The third-order valence-electron chi connectivity index (χ3n) is 2.91. The molecule has 0 saturated heterocycles. The van der Waals surface area contributed by atoms with Gasteiger partial charge in [-0.15, -0.1) is 0 Å². The van der Waals surface area contributed by atoms with Gasteiger partial charge in [-0.1, -0.05) is 0 Å². The van der Waals surface area contributed by atoms with Crippen LogP contribution in [0.5, 0.6) is 0 Å². The summed E-state index contributed by atoms with van der Waals surface area (Å²) in [7, 11) is 0. The van der Waals surface area contributed by atoms with Crippen molar-refractivity contribution in [2.45, 2.75) is 13.0 Å². The summed E-state index contributed by atoms with van der Waals surface area (Å²) in [4.78, 5) is 20.7. The van der Waals surface area contributed by atoms with Gasteiger partial charge in [-0.25, -0.2) is 4.98 Å². The molecule has 3 rings (SSSR count). The fourth-order valence-electron chi connectivity index (χ4n) is 2.01. The van der Waals surface area contributed by atoms with Gasteiger partial charge in [0.15, 0.2) is 0 Å². The van der Waals surface area contributed by atoms with E-state index in [-0.39, 0.29) is 5.56 Å². The van der Waals surface area contributed by atoms with Crippen molar-refractivity contribution in [2.24, 2.45) is 0 Å². The Morgan fingerprint density at radius 2 is 2.11 bits per heavy atom. The Bertz CT molecular complexity index is 639. The molecule has 1 aliphatic rings. The van der Waals surface area contributed by atoms with Crippen LogP contribution in [0, 0.1) is 0 Å². The molecule has 1 aliphatic heterocycles. The maximum Gasteiger partial charge on any atom is 0.269 e. The molecule has 0 radical (unpaired) electrons. The molecule has 0 aromatic carbocycles. The second-order valence-electron chi connectivity index (χ2n) is 4.07. The highest BCUT2D eigenvalue weighted by molar-refractivity contribution is 9.10. The molecule has 0 amide bonds. The zero-order valence-electron chi connectivity index (χ0n) is 9.56. The second kappa shape index (κ2) is 4.53. The van der Waals surface area contributed by atoms with Crippen LogP contribution < -0.4 is 10.9 Å². The number of aromatic nitrogens is 3. The van der Waals surface area contributed by atoms with Crippen LogP contribution in [0.3, 0.4) is 0 Å². The van der Waals surface area contributed by atoms with Crippen molar-refractivity contribution in [2.75, 3.05) is 11.9 Å². The summed E-state index contributed by atoms with van der Waals surface area (Å²) < 4.78 is 2.17. The molecule has 2 aromatic rings. The van der Waals surface area contributed by atoms with Gasteiger partial charge < -0.3 is 5.32 Å². The molecule has 0 bridgehead atoms. The first-order chi connectivity index (χ1) is 8.77. The number of anilines is 1. The van der Waals surface area contributed by atoms with Crippen molar-refractivity contribution in [3.8, 4) is 11.3 Å². The van der Waals surface area contributed by atoms with Crippen LogP contribution in [-0.2, 0) is 6.54 Å². The van der Waals surface area contributed by atoms with E-state index in [1.165, 1.54) is 0 Å². The van der Waals surface area contributed by atoms with Crippen LogP contribution in [0.1, 0.15) is 6.42 Å². The Kier molecular flexibility index (Phi) is 2.87. The zero-order chi connectivity index (χ0) is 12.5. The summed E-state index contributed by atoms with van der Waals surface area (Å²) in [6.07, 6.45) is 4.32. The van der Waals surface area contributed by atoms with E-state index in [0.717, 1.165) is 18.5 Å². The van der Waals surface area contributed by atoms with Gasteiger partial charge in [-0.3, -0.25) is 14.3 Å².